The lowest BCUT2D eigenvalue weighted by Crippen LogP contribution is -2.50. The summed E-state index contributed by atoms with van der Waals surface area (Å²) in [5, 5.41) is 24.9. The number of amides is 2. The van der Waals surface area contributed by atoms with Gasteiger partial charge >= 0.3 is 5.69 Å². The molecule has 0 radical (unpaired) electrons. The molecule has 316 valence electrons. The summed E-state index contributed by atoms with van der Waals surface area (Å²) in [6.45, 7) is 7.48. The second-order valence-electron chi connectivity index (χ2n) is 15.0. The first-order chi connectivity index (χ1) is 29.9. The Morgan fingerprint density at radius 3 is 2.36 bits per heavy atom. The molecule has 0 spiro atoms. The first-order valence-corrected chi connectivity index (χ1v) is 20.5. The molecule has 5 heterocycles. The van der Waals surface area contributed by atoms with Crippen LogP contribution in [0.2, 0.25) is 0 Å². The van der Waals surface area contributed by atoms with Crippen molar-refractivity contribution in [3.05, 3.63) is 108 Å². The molecule has 0 aliphatic carbocycles. The zero-order valence-corrected chi connectivity index (χ0v) is 33.6. The van der Waals surface area contributed by atoms with Gasteiger partial charge < -0.3 is 29.6 Å². The topological polar surface area (TPSA) is 199 Å². The Morgan fingerprint density at radius 1 is 0.836 bits per heavy atom. The maximum atomic E-state index is 13.0. The third-order valence-electron chi connectivity index (χ3n) is 10.9. The number of benzene rings is 3. The fraction of sp³-hybridized carbons (Fsp3) is 0.349. The van der Waals surface area contributed by atoms with Crippen LogP contribution >= 0.6 is 0 Å². The van der Waals surface area contributed by atoms with Gasteiger partial charge in [-0.2, -0.15) is 4.98 Å². The number of unbranched alkanes of at least 4 members (excludes halogenated alkanes) is 2. The first-order valence-electron chi connectivity index (χ1n) is 20.5. The van der Waals surface area contributed by atoms with Gasteiger partial charge in [-0.25, -0.2) is 9.61 Å². The Balaban J connectivity index is 0.689. The normalized spacial score (nSPS) is 15.0. The highest BCUT2D eigenvalue weighted by atomic mass is 16.6. The summed E-state index contributed by atoms with van der Waals surface area (Å²) in [5.74, 6) is 2.58. The molecule has 3 aromatic heterocycles. The molecule has 0 bridgehead atoms. The summed E-state index contributed by atoms with van der Waals surface area (Å²) in [7, 11) is 0. The van der Waals surface area contributed by atoms with Crippen molar-refractivity contribution in [2.45, 2.75) is 31.7 Å². The molecule has 18 heteroatoms. The van der Waals surface area contributed by atoms with Crippen LogP contribution in [0.15, 0.2) is 102 Å². The van der Waals surface area contributed by atoms with Gasteiger partial charge in [-0.15, -0.1) is 0 Å². The Bertz CT molecular complexity index is 2460. The lowest BCUT2D eigenvalue weighted by molar-refractivity contribution is -0.383. The van der Waals surface area contributed by atoms with E-state index < -0.39 is 4.92 Å². The van der Waals surface area contributed by atoms with Crippen LogP contribution in [-0.2, 0) is 9.59 Å². The van der Waals surface area contributed by atoms with Crippen LogP contribution in [0.4, 0.5) is 11.4 Å². The van der Waals surface area contributed by atoms with Crippen LogP contribution in [0.3, 0.4) is 0 Å². The molecule has 18 nitrogen and oxygen atoms in total. The fourth-order valence-electron chi connectivity index (χ4n) is 7.47. The van der Waals surface area contributed by atoms with Crippen LogP contribution in [0.5, 0.6) is 23.1 Å². The van der Waals surface area contributed by atoms with E-state index in [1.807, 2.05) is 77.8 Å². The summed E-state index contributed by atoms with van der Waals surface area (Å²) in [4.78, 5) is 51.5. The van der Waals surface area contributed by atoms with Crippen LogP contribution in [0.25, 0.3) is 22.1 Å². The Hall–Kier alpha value is -6.92. The van der Waals surface area contributed by atoms with Gasteiger partial charge in [0.05, 0.1) is 22.2 Å². The summed E-state index contributed by atoms with van der Waals surface area (Å²) in [5.41, 5.74) is 2.48. The van der Waals surface area contributed by atoms with Gasteiger partial charge in [-0.05, 0) is 71.7 Å². The molecule has 2 amide bonds. The van der Waals surface area contributed by atoms with Gasteiger partial charge in [-0.3, -0.25) is 29.5 Å². The summed E-state index contributed by atoms with van der Waals surface area (Å²) in [6, 6.07) is 22.0. The van der Waals surface area contributed by atoms with Crippen LogP contribution in [0.1, 0.15) is 31.7 Å². The van der Waals surface area contributed by atoms with Crippen molar-refractivity contribution in [3.63, 3.8) is 0 Å². The molecule has 2 fully saturated rings. The quantitative estimate of drug-likeness (QED) is 0.0429. The Morgan fingerprint density at radius 2 is 1.57 bits per heavy atom. The summed E-state index contributed by atoms with van der Waals surface area (Å²) < 4.78 is 18.9. The number of nitrogens with one attached hydrogen (secondary N) is 2. The molecule has 3 aromatic carbocycles. The number of nitrogens with zero attached hydrogens (tertiary/aromatic N) is 9. The molecule has 61 heavy (non-hydrogen) atoms. The molecule has 8 rings (SSSR count). The number of para-hydroxylation sites is 1. The molecule has 2 saturated heterocycles. The highest BCUT2D eigenvalue weighted by Gasteiger charge is 2.32. The minimum absolute atomic E-state index is 0.00192. The van der Waals surface area contributed by atoms with Crippen LogP contribution in [0, 0.1) is 10.1 Å². The van der Waals surface area contributed by atoms with Crippen LogP contribution in [-0.4, -0.2) is 122 Å². The number of nitro benzene ring substituents is 1. The van der Waals surface area contributed by atoms with Gasteiger partial charge in [0.2, 0.25) is 23.2 Å². The fourth-order valence-corrected chi connectivity index (χ4v) is 7.47. The third kappa shape index (κ3) is 10.3. The number of hydrogen-bond acceptors (Lipinski definition) is 14. The molecular weight excluding hydrogens is 783 g/mol. The van der Waals surface area contributed by atoms with E-state index in [0.717, 1.165) is 68.8 Å². The monoisotopic (exact) mass is 829 g/mol. The van der Waals surface area contributed by atoms with E-state index in [9.17, 15) is 19.7 Å². The number of aromatic nitrogens is 5. The average molecular weight is 830 g/mol. The van der Waals surface area contributed by atoms with Crippen molar-refractivity contribution in [2.24, 2.45) is 0 Å². The lowest BCUT2D eigenvalue weighted by atomic mass is 10.1. The van der Waals surface area contributed by atoms with Gasteiger partial charge in [0, 0.05) is 90.2 Å². The van der Waals surface area contributed by atoms with Crippen molar-refractivity contribution in [1.82, 2.24) is 44.9 Å². The Kier molecular flexibility index (Phi) is 13.0. The molecule has 0 saturated carbocycles. The predicted octanol–water partition coefficient (Wildman–Crippen LogP) is 5.81. The van der Waals surface area contributed by atoms with Gasteiger partial charge in [-0.1, -0.05) is 30.7 Å². The number of rotatable bonds is 19. The zero-order chi connectivity index (χ0) is 42.0. The average Bonchev–Trinajstić information content (AvgIpc) is 3.92. The minimum atomic E-state index is -0.515. The summed E-state index contributed by atoms with van der Waals surface area (Å²) >= 11 is 0. The van der Waals surface area contributed by atoms with E-state index in [4.69, 9.17) is 14.1 Å². The molecule has 0 unspecified atom stereocenters. The Labute approximate surface area is 351 Å². The molecule has 6 aromatic rings. The minimum Gasteiger partial charge on any atom is -0.457 e. The number of carbonyl (C=O) groups is 2. The van der Waals surface area contributed by atoms with E-state index in [0.29, 0.717) is 67.7 Å². The first kappa shape index (κ1) is 40.8. The SMILES string of the molecule is O=C(CCCCCNc1ccc([N+](=O)[O-])c2nonc12)NCCN1CCN(C/C=C/C(=O)N2CC(n3ccc4ncnc(Oc5ccc(Oc6ccccc6)cc5)c43)C2)CC1. The number of piperazine rings is 1. The lowest BCUT2D eigenvalue weighted by Gasteiger charge is -2.40. The van der Waals surface area contributed by atoms with Crippen LogP contribution < -0.4 is 20.1 Å². The number of likely N-dealkylation sites (tertiary alicyclic amines) is 1. The van der Waals surface area contributed by atoms with Crippen molar-refractivity contribution in [1.29, 1.82) is 0 Å². The maximum Gasteiger partial charge on any atom is 0.300 e. The van der Waals surface area contributed by atoms with E-state index in [2.05, 4.69) is 45.3 Å². The highest BCUT2D eigenvalue weighted by molar-refractivity contribution is 5.93. The standard InChI is InChI=1S/C43H47N11O7/c55-38(10-5-2-6-19-44-35-16-17-37(54(57)58)41-40(35)48-61-49-41)45-20-23-51-26-24-50(25-27-51)21-7-11-39(56)52-28-31(29-52)53-22-18-36-42(53)43(47-30-46-36)60-34-14-12-33(13-15-34)59-32-8-3-1-4-9-32/h1,3-4,7-9,11-18,22,30-31,44H,2,5-6,10,19-21,23-29H2,(H,45,55)/b11-7+. The zero-order valence-electron chi connectivity index (χ0n) is 33.6. The maximum absolute atomic E-state index is 13.0. The van der Waals surface area contributed by atoms with E-state index >= 15 is 0 Å². The molecule has 2 N–H and O–H groups in total. The second-order valence-corrected chi connectivity index (χ2v) is 15.0. The molecular formula is C43H47N11O7. The number of carbonyl (C=O) groups excluding carboxylic acids is 2. The van der Waals surface area contributed by atoms with E-state index in [1.165, 1.54) is 12.4 Å². The smallest absolute Gasteiger partial charge is 0.300 e. The largest absolute Gasteiger partial charge is 0.457 e. The van der Waals surface area contributed by atoms with Crippen molar-refractivity contribution in [3.8, 4) is 23.1 Å². The number of nitro groups is 1. The third-order valence-corrected chi connectivity index (χ3v) is 10.9. The number of non-ortho nitro benzene ring substituents is 1. The number of ether oxygens (including phenoxy) is 2. The molecule has 2 aliphatic heterocycles. The summed E-state index contributed by atoms with van der Waals surface area (Å²) in [6.07, 6.45) is 10.0. The van der Waals surface area contributed by atoms with Crippen molar-refractivity contribution < 1.29 is 28.6 Å². The number of hydrogen-bond donors (Lipinski definition) is 2. The van der Waals surface area contributed by atoms with Crippen molar-refractivity contribution in [2.75, 3.05) is 70.8 Å². The van der Waals surface area contributed by atoms with E-state index in [1.54, 1.807) is 12.1 Å². The molecule has 0 atom stereocenters. The van der Waals surface area contributed by atoms with Crippen molar-refractivity contribution >= 4 is 45.3 Å². The molecule has 2 aliphatic rings. The second kappa shape index (κ2) is 19.4. The van der Waals surface area contributed by atoms with E-state index in [-0.39, 0.29) is 29.1 Å². The number of fused-ring (bicyclic) bond motifs is 2. The number of anilines is 1. The predicted molar refractivity (Wildman–Crippen MR) is 227 cm³/mol. The highest BCUT2D eigenvalue weighted by Crippen LogP contribution is 2.34. The van der Waals surface area contributed by atoms with Gasteiger partial charge in [0.25, 0.3) is 0 Å². The van der Waals surface area contributed by atoms with Gasteiger partial charge in [0.15, 0.2) is 5.52 Å². The van der Waals surface area contributed by atoms with Gasteiger partial charge in [0.1, 0.15) is 29.1 Å².